The molecule has 0 N–H and O–H groups in total. The van der Waals surface area contributed by atoms with Gasteiger partial charge < -0.3 is 4.90 Å². The van der Waals surface area contributed by atoms with E-state index in [9.17, 15) is 0 Å². The van der Waals surface area contributed by atoms with Crippen molar-refractivity contribution >= 4 is 0 Å². The summed E-state index contributed by atoms with van der Waals surface area (Å²) in [7, 11) is 0. The second kappa shape index (κ2) is 3.84. The molecule has 0 unspecified atom stereocenters. The van der Waals surface area contributed by atoms with Crippen LogP contribution in [0.3, 0.4) is 0 Å². The van der Waals surface area contributed by atoms with Gasteiger partial charge in [0.1, 0.15) is 0 Å². The summed E-state index contributed by atoms with van der Waals surface area (Å²) in [4.78, 5) is 2.76. The predicted octanol–water partition coefficient (Wildman–Crippen LogP) is 3.37. The van der Waals surface area contributed by atoms with Crippen LogP contribution in [0.15, 0.2) is 24.3 Å². The van der Waals surface area contributed by atoms with E-state index < -0.39 is 0 Å². The topological polar surface area (TPSA) is 3.24 Å². The molecule has 4 aliphatic rings. The Balaban J connectivity index is 1.64. The van der Waals surface area contributed by atoms with Crippen molar-refractivity contribution in [2.75, 3.05) is 19.6 Å². The first-order valence-corrected chi connectivity index (χ1v) is 7.21. The quantitative estimate of drug-likeness (QED) is 0.748. The zero-order chi connectivity index (χ0) is 11.2. The van der Waals surface area contributed by atoms with E-state index in [4.69, 9.17) is 0 Å². The Hall–Kier alpha value is -0.820. The van der Waals surface area contributed by atoms with Crippen LogP contribution in [0.25, 0.3) is 0 Å². The average Bonchev–Trinajstić information content (AvgIpc) is 3.17. The predicted molar refractivity (Wildman–Crippen MR) is 70.3 cm³/mol. The van der Waals surface area contributed by atoms with Crippen LogP contribution in [0.1, 0.15) is 48.6 Å². The van der Waals surface area contributed by atoms with E-state index in [1.165, 1.54) is 45.3 Å². The Morgan fingerprint density at radius 2 is 1.47 bits per heavy atom. The second-order valence-electron chi connectivity index (χ2n) is 6.26. The minimum absolute atomic E-state index is 0.823. The van der Waals surface area contributed by atoms with Crippen molar-refractivity contribution < 1.29 is 0 Å². The number of rotatable bonds is 2. The van der Waals surface area contributed by atoms with Crippen molar-refractivity contribution in [3.05, 3.63) is 35.4 Å². The molecule has 0 amide bonds. The second-order valence-corrected chi connectivity index (χ2v) is 6.26. The van der Waals surface area contributed by atoms with Crippen LogP contribution in [0.4, 0.5) is 0 Å². The van der Waals surface area contributed by atoms with Crippen LogP contribution in [0, 0.1) is 5.92 Å². The maximum atomic E-state index is 2.76. The van der Waals surface area contributed by atoms with Gasteiger partial charge in [-0.2, -0.15) is 0 Å². The summed E-state index contributed by atoms with van der Waals surface area (Å²) in [5, 5.41) is 0. The van der Waals surface area contributed by atoms with E-state index >= 15 is 0 Å². The number of nitrogens with zero attached hydrogens (tertiary/aromatic N) is 1. The summed E-state index contributed by atoms with van der Waals surface area (Å²) in [5.74, 6) is 2.68. The molecule has 0 aromatic heterocycles. The van der Waals surface area contributed by atoms with Gasteiger partial charge in [-0.3, -0.25) is 0 Å². The van der Waals surface area contributed by atoms with Crippen LogP contribution < -0.4 is 0 Å². The molecule has 2 aliphatic heterocycles. The molecule has 2 heterocycles. The first kappa shape index (κ1) is 10.1. The highest BCUT2D eigenvalue weighted by Gasteiger charge is 2.35. The highest BCUT2D eigenvalue weighted by atomic mass is 15.1. The molecular weight excluding hydrogens is 206 g/mol. The van der Waals surface area contributed by atoms with Gasteiger partial charge >= 0.3 is 0 Å². The van der Waals surface area contributed by atoms with Gasteiger partial charge in [0.05, 0.1) is 0 Å². The minimum atomic E-state index is 0.823. The van der Waals surface area contributed by atoms with Crippen molar-refractivity contribution in [1.82, 2.24) is 4.90 Å². The molecule has 2 bridgehead atoms. The molecule has 1 saturated carbocycles. The molecule has 5 rings (SSSR count). The van der Waals surface area contributed by atoms with E-state index in [1.807, 2.05) is 0 Å². The van der Waals surface area contributed by atoms with Crippen molar-refractivity contribution in [3.63, 3.8) is 0 Å². The molecular formula is C16H21N. The standard InChI is InChI=1S/C16H21N/c1-2-4-16-14-8-7-13(15(16)3-1)10-17(11-14)9-12-5-6-12/h1-4,12-14H,5-11H2/t13-,14-/m0/s1. The monoisotopic (exact) mass is 227 g/mol. The lowest BCUT2D eigenvalue weighted by atomic mass is 9.78. The van der Waals surface area contributed by atoms with E-state index in [-0.39, 0.29) is 0 Å². The van der Waals surface area contributed by atoms with Gasteiger partial charge in [-0.05, 0) is 54.6 Å². The van der Waals surface area contributed by atoms with Gasteiger partial charge in [0.15, 0.2) is 0 Å². The number of hydrogen-bond acceptors (Lipinski definition) is 1. The molecule has 1 saturated heterocycles. The summed E-state index contributed by atoms with van der Waals surface area (Å²) >= 11 is 0. The maximum absolute atomic E-state index is 2.76. The molecule has 1 nitrogen and oxygen atoms in total. The Morgan fingerprint density at radius 1 is 0.882 bits per heavy atom. The third kappa shape index (κ3) is 1.81. The first-order valence-electron chi connectivity index (χ1n) is 7.21. The highest BCUT2D eigenvalue weighted by Crippen LogP contribution is 2.43. The Kier molecular flexibility index (Phi) is 2.29. The van der Waals surface area contributed by atoms with E-state index in [2.05, 4.69) is 29.2 Å². The molecule has 2 fully saturated rings. The van der Waals surface area contributed by atoms with Crippen molar-refractivity contribution in [2.45, 2.75) is 37.5 Å². The van der Waals surface area contributed by atoms with Crippen molar-refractivity contribution in [1.29, 1.82) is 0 Å². The normalized spacial score (nSPS) is 32.2. The minimum Gasteiger partial charge on any atom is -0.302 e. The van der Waals surface area contributed by atoms with Crippen molar-refractivity contribution in [2.24, 2.45) is 5.92 Å². The average molecular weight is 227 g/mol. The third-order valence-electron chi connectivity index (χ3n) is 4.91. The first-order chi connectivity index (χ1) is 8.40. The summed E-state index contributed by atoms with van der Waals surface area (Å²) in [5.41, 5.74) is 3.34. The van der Waals surface area contributed by atoms with Gasteiger partial charge in [-0.1, -0.05) is 24.3 Å². The van der Waals surface area contributed by atoms with Crippen molar-refractivity contribution in [3.8, 4) is 0 Å². The van der Waals surface area contributed by atoms with Crippen LogP contribution in [-0.2, 0) is 0 Å². The Labute approximate surface area is 104 Å². The molecule has 2 atom stereocenters. The summed E-state index contributed by atoms with van der Waals surface area (Å²) < 4.78 is 0. The van der Waals surface area contributed by atoms with Gasteiger partial charge in [-0.15, -0.1) is 0 Å². The molecule has 2 aliphatic carbocycles. The molecule has 1 heteroatoms. The van der Waals surface area contributed by atoms with E-state index in [1.54, 1.807) is 11.1 Å². The lowest BCUT2D eigenvalue weighted by Crippen LogP contribution is -2.29. The summed E-state index contributed by atoms with van der Waals surface area (Å²) in [6, 6.07) is 9.22. The molecule has 1 aromatic rings. The van der Waals surface area contributed by atoms with Crippen LogP contribution >= 0.6 is 0 Å². The zero-order valence-electron chi connectivity index (χ0n) is 10.4. The SMILES string of the molecule is c1ccc2c(c1)[C@H]1CC[C@H]2CN(CC2CC2)C1. The van der Waals surface area contributed by atoms with Gasteiger partial charge in [0.2, 0.25) is 0 Å². The number of hydrogen-bond donors (Lipinski definition) is 0. The summed E-state index contributed by atoms with van der Waals surface area (Å²) in [6.07, 6.45) is 5.81. The molecule has 90 valence electrons. The third-order valence-corrected chi connectivity index (χ3v) is 4.91. The lowest BCUT2D eigenvalue weighted by Gasteiger charge is -2.26. The van der Waals surface area contributed by atoms with Crippen LogP contribution in [0.5, 0.6) is 0 Å². The smallest absolute Gasteiger partial charge is 0.00507 e. The van der Waals surface area contributed by atoms with Crippen LogP contribution in [-0.4, -0.2) is 24.5 Å². The Bertz CT molecular complexity index is 388. The molecule has 0 spiro atoms. The summed E-state index contributed by atoms with van der Waals surface area (Å²) in [6.45, 7) is 4.02. The van der Waals surface area contributed by atoms with Gasteiger partial charge in [-0.25, -0.2) is 0 Å². The molecule has 1 aromatic carbocycles. The molecule has 0 radical (unpaired) electrons. The van der Waals surface area contributed by atoms with Crippen LogP contribution in [0.2, 0.25) is 0 Å². The van der Waals surface area contributed by atoms with E-state index in [0.717, 1.165) is 17.8 Å². The van der Waals surface area contributed by atoms with Gasteiger partial charge in [0.25, 0.3) is 0 Å². The zero-order valence-corrected chi connectivity index (χ0v) is 10.4. The van der Waals surface area contributed by atoms with Gasteiger partial charge in [0, 0.05) is 19.6 Å². The largest absolute Gasteiger partial charge is 0.302 e. The fraction of sp³-hybridized carbons (Fsp3) is 0.625. The van der Waals surface area contributed by atoms with E-state index in [0.29, 0.717) is 0 Å². The fourth-order valence-electron chi connectivity index (χ4n) is 3.86. The fourth-order valence-corrected chi connectivity index (χ4v) is 3.86. The lowest BCUT2D eigenvalue weighted by molar-refractivity contribution is 0.260. The number of fused-ring (bicyclic) bond motifs is 3. The maximum Gasteiger partial charge on any atom is 0.00507 e. The molecule has 17 heavy (non-hydrogen) atoms. The number of benzene rings is 1. The Morgan fingerprint density at radius 3 is 2.00 bits per heavy atom. The highest BCUT2D eigenvalue weighted by molar-refractivity contribution is 5.37.